The summed E-state index contributed by atoms with van der Waals surface area (Å²) >= 11 is 5.96. The van der Waals surface area contributed by atoms with Gasteiger partial charge in [0.2, 0.25) is 0 Å². The van der Waals surface area contributed by atoms with Gasteiger partial charge in [-0.15, -0.1) is 0 Å². The van der Waals surface area contributed by atoms with Gasteiger partial charge < -0.3 is 10.5 Å². The van der Waals surface area contributed by atoms with Gasteiger partial charge in [0, 0.05) is 17.0 Å². The zero-order valence-electron chi connectivity index (χ0n) is 11.5. The molecule has 2 N–H and O–H groups in total. The van der Waals surface area contributed by atoms with Crippen LogP contribution in [0.15, 0.2) is 18.2 Å². The number of nitrogen functional groups attached to an aromatic ring is 1. The molecule has 7 heteroatoms. The van der Waals surface area contributed by atoms with Gasteiger partial charge in [-0.25, -0.2) is 19.2 Å². The first-order valence-electron chi connectivity index (χ1n) is 6.08. The summed E-state index contributed by atoms with van der Waals surface area (Å²) in [5, 5.41) is 0.284. The van der Waals surface area contributed by atoms with Gasteiger partial charge in [0.25, 0.3) is 0 Å². The van der Waals surface area contributed by atoms with Crippen molar-refractivity contribution < 1.29 is 13.9 Å². The van der Waals surface area contributed by atoms with Crippen LogP contribution in [0.5, 0.6) is 0 Å². The minimum atomic E-state index is -0.611. The van der Waals surface area contributed by atoms with Gasteiger partial charge in [-0.3, -0.25) is 0 Å². The lowest BCUT2D eigenvalue weighted by Crippen LogP contribution is -2.14. The maximum atomic E-state index is 13.8. The summed E-state index contributed by atoms with van der Waals surface area (Å²) in [5.41, 5.74) is 6.52. The van der Waals surface area contributed by atoms with Gasteiger partial charge in [0.05, 0.1) is 12.8 Å². The first kappa shape index (κ1) is 15.2. The largest absolute Gasteiger partial charge is 0.465 e. The molecule has 0 unspecified atom stereocenters. The lowest BCUT2D eigenvalue weighted by atomic mass is 10.1. The van der Waals surface area contributed by atoms with E-state index in [1.807, 2.05) is 0 Å². The summed E-state index contributed by atoms with van der Waals surface area (Å²) in [4.78, 5) is 19.8. The van der Waals surface area contributed by atoms with Gasteiger partial charge >= 0.3 is 5.97 Å². The SMILES string of the molecule is COC(=O)c1c(C)nc(Cc2c(F)cccc2Cl)nc1N. The highest BCUT2D eigenvalue weighted by Gasteiger charge is 2.18. The molecule has 0 saturated heterocycles. The van der Waals surface area contributed by atoms with Gasteiger partial charge in [0.15, 0.2) is 0 Å². The molecule has 5 nitrogen and oxygen atoms in total. The number of nitrogens with two attached hydrogens (primary N) is 1. The Kier molecular flexibility index (Phi) is 4.37. The van der Waals surface area contributed by atoms with Gasteiger partial charge in [-0.05, 0) is 19.1 Å². The molecule has 0 spiro atoms. The van der Waals surface area contributed by atoms with Crippen molar-refractivity contribution in [1.29, 1.82) is 0 Å². The molecule has 2 rings (SSSR count). The standard InChI is InChI=1S/C14H13ClFN3O2/c1-7-12(14(20)21-2)13(17)19-11(18-7)6-8-9(15)4-3-5-10(8)16/h3-5H,6H2,1-2H3,(H2,17,18,19). The number of hydrogen-bond donors (Lipinski definition) is 1. The van der Waals surface area contributed by atoms with Crippen molar-refractivity contribution in [3.05, 3.63) is 51.7 Å². The van der Waals surface area contributed by atoms with E-state index >= 15 is 0 Å². The first-order valence-corrected chi connectivity index (χ1v) is 6.46. The molecule has 110 valence electrons. The zero-order chi connectivity index (χ0) is 15.6. The highest BCUT2D eigenvalue weighted by molar-refractivity contribution is 6.31. The fourth-order valence-electron chi connectivity index (χ4n) is 1.95. The maximum Gasteiger partial charge on any atom is 0.343 e. The first-order chi connectivity index (χ1) is 9.93. The van der Waals surface area contributed by atoms with Crippen LogP contribution in [0.3, 0.4) is 0 Å². The second-order valence-corrected chi connectivity index (χ2v) is 4.76. The smallest absolute Gasteiger partial charge is 0.343 e. The molecule has 0 amide bonds. The minimum Gasteiger partial charge on any atom is -0.465 e. The number of methoxy groups -OCH3 is 1. The summed E-state index contributed by atoms with van der Waals surface area (Å²) in [6.07, 6.45) is 0.0813. The third kappa shape index (κ3) is 3.11. The molecular formula is C14H13ClFN3O2. The lowest BCUT2D eigenvalue weighted by molar-refractivity contribution is 0.0600. The molecule has 1 heterocycles. The Balaban J connectivity index is 2.41. The number of esters is 1. The van der Waals surface area contributed by atoms with Crippen LogP contribution in [0.2, 0.25) is 5.02 Å². The maximum absolute atomic E-state index is 13.8. The highest BCUT2D eigenvalue weighted by Crippen LogP contribution is 2.22. The number of halogens is 2. The second-order valence-electron chi connectivity index (χ2n) is 4.35. The van der Waals surface area contributed by atoms with E-state index in [0.717, 1.165) is 0 Å². The third-order valence-corrected chi connectivity index (χ3v) is 3.30. The summed E-state index contributed by atoms with van der Waals surface area (Å²) in [6, 6.07) is 4.40. The number of ether oxygens (including phenoxy) is 1. The fourth-order valence-corrected chi connectivity index (χ4v) is 2.18. The number of nitrogens with zero attached hydrogens (tertiary/aromatic N) is 2. The molecule has 21 heavy (non-hydrogen) atoms. The van der Waals surface area contributed by atoms with E-state index in [0.29, 0.717) is 5.69 Å². The highest BCUT2D eigenvalue weighted by atomic mass is 35.5. The summed E-state index contributed by atoms with van der Waals surface area (Å²) < 4.78 is 18.4. The number of benzene rings is 1. The van der Waals surface area contributed by atoms with E-state index in [-0.39, 0.29) is 34.2 Å². The van der Waals surface area contributed by atoms with E-state index in [4.69, 9.17) is 17.3 Å². The molecule has 0 radical (unpaired) electrons. The predicted octanol–water partition coefficient (Wildman–Crippen LogP) is 2.54. The predicted molar refractivity (Wildman–Crippen MR) is 76.7 cm³/mol. The molecule has 0 aliphatic carbocycles. The van der Waals surface area contributed by atoms with Crippen LogP contribution in [0, 0.1) is 12.7 Å². The quantitative estimate of drug-likeness (QED) is 0.882. The van der Waals surface area contributed by atoms with Gasteiger partial charge in [0.1, 0.15) is 23.0 Å². The third-order valence-electron chi connectivity index (χ3n) is 2.95. The number of aryl methyl sites for hydroxylation is 1. The minimum absolute atomic E-state index is 0.00295. The molecule has 2 aromatic rings. The molecule has 0 saturated carbocycles. The number of anilines is 1. The molecule has 0 aliphatic rings. The van der Waals surface area contributed by atoms with Gasteiger partial charge in [-0.1, -0.05) is 17.7 Å². The fraction of sp³-hybridized carbons (Fsp3) is 0.214. The molecule has 0 bridgehead atoms. The van der Waals surface area contributed by atoms with Crippen LogP contribution in [0.25, 0.3) is 0 Å². The van der Waals surface area contributed by atoms with Crippen molar-refractivity contribution in [2.75, 3.05) is 12.8 Å². The lowest BCUT2D eigenvalue weighted by Gasteiger charge is -2.10. The Hall–Kier alpha value is -2.21. The van der Waals surface area contributed by atoms with Crippen molar-refractivity contribution in [2.24, 2.45) is 0 Å². The van der Waals surface area contributed by atoms with Crippen molar-refractivity contribution in [3.8, 4) is 0 Å². The van der Waals surface area contributed by atoms with Crippen LogP contribution < -0.4 is 5.73 Å². The zero-order valence-corrected chi connectivity index (χ0v) is 12.2. The van der Waals surface area contributed by atoms with Gasteiger partial charge in [-0.2, -0.15) is 0 Å². The monoisotopic (exact) mass is 309 g/mol. The Morgan fingerprint density at radius 2 is 2.14 bits per heavy atom. The number of aromatic nitrogens is 2. The number of carbonyl (C=O) groups is 1. The summed E-state index contributed by atoms with van der Waals surface area (Å²) in [6.45, 7) is 1.61. The number of rotatable bonds is 3. The van der Waals surface area contributed by atoms with E-state index in [1.165, 1.54) is 19.2 Å². The van der Waals surface area contributed by atoms with Crippen molar-refractivity contribution in [3.63, 3.8) is 0 Å². The topological polar surface area (TPSA) is 78.1 Å². The van der Waals surface area contributed by atoms with E-state index in [2.05, 4.69) is 14.7 Å². The van der Waals surface area contributed by atoms with Crippen LogP contribution in [-0.4, -0.2) is 23.0 Å². The van der Waals surface area contributed by atoms with Crippen molar-refractivity contribution in [2.45, 2.75) is 13.3 Å². The Labute approximate surface area is 125 Å². The van der Waals surface area contributed by atoms with Crippen molar-refractivity contribution >= 4 is 23.4 Å². The normalized spacial score (nSPS) is 10.5. The van der Waals surface area contributed by atoms with Crippen LogP contribution in [0.4, 0.5) is 10.2 Å². The van der Waals surface area contributed by atoms with Crippen molar-refractivity contribution in [1.82, 2.24) is 9.97 Å². The average Bonchev–Trinajstić information content (AvgIpc) is 2.42. The molecule has 0 fully saturated rings. The van der Waals surface area contributed by atoms with E-state index in [9.17, 15) is 9.18 Å². The average molecular weight is 310 g/mol. The Morgan fingerprint density at radius 3 is 2.71 bits per heavy atom. The van der Waals surface area contributed by atoms with Crippen LogP contribution in [0.1, 0.15) is 27.4 Å². The molecule has 1 aromatic heterocycles. The molecule has 0 aliphatic heterocycles. The second kappa shape index (κ2) is 6.05. The summed E-state index contributed by atoms with van der Waals surface area (Å²) in [7, 11) is 1.24. The molecule has 0 atom stereocenters. The summed E-state index contributed by atoms with van der Waals surface area (Å²) in [5.74, 6) is -0.777. The van der Waals surface area contributed by atoms with Crippen LogP contribution >= 0.6 is 11.6 Å². The Bertz CT molecular complexity index is 663. The van der Waals surface area contributed by atoms with Crippen LogP contribution in [-0.2, 0) is 11.2 Å². The number of carbonyl (C=O) groups excluding carboxylic acids is 1. The molecule has 1 aromatic carbocycles. The van der Waals surface area contributed by atoms with E-state index < -0.39 is 11.8 Å². The molecular weight excluding hydrogens is 297 g/mol. The Morgan fingerprint density at radius 1 is 1.43 bits per heavy atom. The number of hydrogen-bond acceptors (Lipinski definition) is 5. The van der Waals surface area contributed by atoms with E-state index in [1.54, 1.807) is 13.0 Å².